The molecule has 200 valence electrons. The molecule has 2 aliphatic heterocycles. The van der Waals surface area contributed by atoms with Crippen molar-refractivity contribution >= 4 is 22.9 Å². The van der Waals surface area contributed by atoms with Crippen LogP contribution in [0.1, 0.15) is 63.1 Å². The number of aromatic nitrogens is 4. The lowest BCUT2D eigenvalue weighted by atomic mass is 9.96. The number of amides is 1. The molecule has 0 radical (unpaired) electrons. The Balaban J connectivity index is 1.62. The zero-order chi connectivity index (χ0) is 28.1. The van der Waals surface area contributed by atoms with Crippen molar-refractivity contribution in [1.82, 2.24) is 19.5 Å². The van der Waals surface area contributed by atoms with Crippen molar-refractivity contribution in [3.8, 4) is 0 Å². The smallest absolute Gasteiger partial charge is 0.220 e. The molecule has 4 unspecified atom stereocenters. The minimum atomic E-state index is -0.676. The fourth-order valence-corrected chi connectivity index (χ4v) is 4.79. The van der Waals surface area contributed by atoms with Gasteiger partial charge in [-0.2, -0.15) is 0 Å². The summed E-state index contributed by atoms with van der Waals surface area (Å²) in [6.07, 6.45) is 0.774. The summed E-state index contributed by atoms with van der Waals surface area (Å²) in [5.74, 6) is 0.267. The Bertz CT molecular complexity index is 1080. The van der Waals surface area contributed by atoms with Crippen LogP contribution in [0.3, 0.4) is 0 Å². The average Bonchev–Trinajstić information content (AvgIpc) is 3.47. The SMILES string of the molecule is [2H]C(C)COC[C@H]1OC(n2cnc3c(N4CCC(C(N)=O)CC4)ncnc32)[C@H](OCC([2H])C)[C@@H]1OCC([2H])C. The highest BCUT2D eigenvalue weighted by Crippen LogP contribution is 2.37. The number of carbonyl (C=O) groups is 1. The molecule has 2 aromatic rings. The van der Waals surface area contributed by atoms with E-state index in [9.17, 15) is 4.79 Å². The first-order valence-electron chi connectivity index (χ1n) is 14.3. The number of primary amides is 1. The largest absolute Gasteiger partial charge is 0.379 e. The molecular formula is C25H40N6O5. The second kappa shape index (κ2) is 12.8. The highest BCUT2D eigenvalue weighted by molar-refractivity contribution is 5.84. The molecule has 0 aliphatic carbocycles. The molecular weight excluding hydrogens is 464 g/mol. The summed E-state index contributed by atoms with van der Waals surface area (Å²) in [6.45, 7) is 7.30. The van der Waals surface area contributed by atoms with E-state index in [-0.39, 0.29) is 44.6 Å². The van der Waals surface area contributed by atoms with Crippen molar-refractivity contribution in [3.63, 3.8) is 0 Å². The van der Waals surface area contributed by atoms with E-state index in [1.165, 1.54) is 6.33 Å². The van der Waals surface area contributed by atoms with Crippen LogP contribution < -0.4 is 10.6 Å². The van der Waals surface area contributed by atoms with E-state index < -0.39 is 37.3 Å². The lowest BCUT2D eigenvalue weighted by Crippen LogP contribution is -2.39. The first kappa shape index (κ1) is 22.8. The molecule has 2 fully saturated rings. The Morgan fingerprint density at radius 1 is 1.08 bits per heavy atom. The van der Waals surface area contributed by atoms with Gasteiger partial charge < -0.3 is 29.6 Å². The van der Waals surface area contributed by atoms with Gasteiger partial charge in [0.2, 0.25) is 5.91 Å². The Hall–Kier alpha value is -2.34. The fraction of sp³-hybridized carbons (Fsp3) is 0.760. The second-order valence-electron chi connectivity index (χ2n) is 9.11. The number of nitrogens with two attached hydrogens (primary N) is 1. The summed E-state index contributed by atoms with van der Waals surface area (Å²) in [7, 11) is 0. The lowest BCUT2D eigenvalue weighted by molar-refractivity contribution is -0.122. The summed E-state index contributed by atoms with van der Waals surface area (Å²) in [5.41, 5.74) is 6.66. The number of imidazole rings is 1. The quantitative estimate of drug-likeness (QED) is 0.435. The second-order valence-corrected chi connectivity index (χ2v) is 9.11. The molecule has 4 heterocycles. The van der Waals surface area contributed by atoms with Crippen LogP contribution in [-0.2, 0) is 23.7 Å². The van der Waals surface area contributed by atoms with Gasteiger partial charge in [0.05, 0.1) is 12.9 Å². The van der Waals surface area contributed by atoms with Gasteiger partial charge in [0.15, 0.2) is 23.2 Å². The molecule has 2 aliphatic rings. The van der Waals surface area contributed by atoms with Gasteiger partial charge in [-0.3, -0.25) is 9.36 Å². The topological polar surface area (TPSA) is 127 Å². The third-order valence-corrected chi connectivity index (χ3v) is 6.57. The van der Waals surface area contributed by atoms with Gasteiger partial charge in [-0.15, -0.1) is 0 Å². The molecule has 2 aromatic heterocycles. The number of hydrogen-bond donors (Lipinski definition) is 1. The van der Waals surface area contributed by atoms with Gasteiger partial charge >= 0.3 is 0 Å². The van der Waals surface area contributed by atoms with Crippen molar-refractivity contribution in [2.75, 3.05) is 44.4 Å². The third kappa shape index (κ3) is 5.80. The lowest BCUT2D eigenvalue weighted by Gasteiger charge is -2.31. The van der Waals surface area contributed by atoms with E-state index in [0.29, 0.717) is 42.9 Å². The summed E-state index contributed by atoms with van der Waals surface area (Å²) in [5, 5.41) is 0. The number of carbonyl (C=O) groups excluding carboxylic acids is 1. The van der Waals surface area contributed by atoms with Crippen LogP contribution in [-0.4, -0.2) is 83.3 Å². The Labute approximate surface area is 216 Å². The van der Waals surface area contributed by atoms with Crippen LogP contribution in [0.4, 0.5) is 5.82 Å². The predicted molar refractivity (Wildman–Crippen MR) is 135 cm³/mol. The summed E-state index contributed by atoms with van der Waals surface area (Å²) in [6, 6.07) is 0. The number of hydrogen-bond acceptors (Lipinski definition) is 9. The zero-order valence-electron chi connectivity index (χ0n) is 24.3. The maximum absolute atomic E-state index is 11.6. The molecule has 0 bridgehead atoms. The van der Waals surface area contributed by atoms with Gasteiger partial charge in [-0.1, -0.05) is 20.8 Å². The Kier molecular flexibility index (Phi) is 8.09. The average molecular weight is 508 g/mol. The minimum absolute atomic E-state index is 0.138. The number of fused-ring (bicyclic) bond motifs is 1. The molecule has 0 spiro atoms. The van der Waals surface area contributed by atoms with E-state index >= 15 is 0 Å². The molecule has 2 N–H and O–H groups in total. The van der Waals surface area contributed by atoms with Crippen molar-refractivity contribution in [3.05, 3.63) is 12.7 Å². The Morgan fingerprint density at radius 3 is 2.44 bits per heavy atom. The molecule has 0 aromatic carbocycles. The van der Waals surface area contributed by atoms with Gasteiger partial charge in [0.1, 0.15) is 24.6 Å². The highest BCUT2D eigenvalue weighted by atomic mass is 16.6. The number of anilines is 1. The van der Waals surface area contributed by atoms with E-state index in [1.807, 2.05) is 0 Å². The van der Waals surface area contributed by atoms with Crippen LogP contribution in [0, 0.1) is 5.92 Å². The van der Waals surface area contributed by atoms with Crippen molar-refractivity contribution in [2.45, 2.75) is 77.3 Å². The third-order valence-electron chi connectivity index (χ3n) is 6.57. The van der Waals surface area contributed by atoms with Crippen LogP contribution in [0.25, 0.3) is 11.2 Å². The van der Waals surface area contributed by atoms with Crippen molar-refractivity contribution in [2.24, 2.45) is 11.7 Å². The Morgan fingerprint density at radius 2 is 1.78 bits per heavy atom. The molecule has 11 nitrogen and oxygen atoms in total. The van der Waals surface area contributed by atoms with Gasteiger partial charge in [-0.25, -0.2) is 15.0 Å². The van der Waals surface area contributed by atoms with Gasteiger partial charge in [0, 0.05) is 42.9 Å². The van der Waals surface area contributed by atoms with Crippen molar-refractivity contribution < 1.29 is 27.9 Å². The minimum Gasteiger partial charge on any atom is -0.379 e. The van der Waals surface area contributed by atoms with Crippen LogP contribution >= 0.6 is 0 Å². The summed E-state index contributed by atoms with van der Waals surface area (Å²) >= 11 is 0. The molecule has 0 saturated carbocycles. The first-order chi connectivity index (χ1) is 18.7. The number of piperidine rings is 1. The zero-order valence-corrected chi connectivity index (χ0v) is 21.3. The molecule has 11 heteroatoms. The molecule has 7 atom stereocenters. The number of nitrogens with zero attached hydrogens (tertiary/aromatic N) is 5. The fourth-order valence-electron chi connectivity index (χ4n) is 4.79. The maximum atomic E-state index is 11.6. The predicted octanol–water partition coefficient (Wildman–Crippen LogP) is 2.44. The number of rotatable bonds is 13. The normalized spacial score (nSPS) is 29.0. The van der Waals surface area contributed by atoms with Crippen LogP contribution in [0.5, 0.6) is 0 Å². The molecule has 4 rings (SSSR count). The van der Waals surface area contributed by atoms with Crippen LogP contribution in [0.15, 0.2) is 12.7 Å². The summed E-state index contributed by atoms with van der Waals surface area (Å²) < 4.78 is 50.0. The van der Waals surface area contributed by atoms with E-state index in [0.717, 1.165) is 0 Å². The van der Waals surface area contributed by atoms with Crippen LogP contribution in [0.2, 0.25) is 0 Å². The molecule has 36 heavy (non-hydrogen) atoms. The van der Waals surface area contributed by atoms with E-state index in [1.54, 1.807) is 31.7 Å². The first-order valence-corrected chi connectivity index (χ1v) is 12.6. The highest BCUT2D eigenvalue weighted by Gasteiger charge is 2.48. The monoisotopic (exact) mass is 507 g/mol. The maximum Gasteiger partial charge on any atom is 0.220 e. The van der Waals surface area contributed by atoms with Gasteiger partial charge in [0.25, 0.3) is 0 Å². The van der Waals surface area contributed by atoms with E-state index in [4.69, 9.17) is 28.8 Å². The standard InChI is InChI=1S/C25H40N6O5/c1-4-11-33-14-18-20(34-12-5-2)21(35-13-6-3)25(36-18)31-16-29-19-23(27-15-28-24(19)31)30-9-7-17(8-10-30)22(26)32/h15-18,20-21,25H,4-14H2,1-3H3,(H2,26,32)/t18-,20-,21-,25?/m1/s1/i4D,5D,6D/t4?,5?,6?,18-,20-,21-,25?. The molecule has 2 saturated heterocycles. The van der Waals surface area contributed by atoms with E-state index in [2.05, 4.69) is 19.9 Å². The molecule has 1 amide bonds. The van der Waals surface area contributed by atoms with Crippen molar-refractivity contribution in [1.29, 1.82) is 0 Å². The number of ether oxygens (including phenoxy) is 4. The van der Waals surface area contributed by atoms with Gasteiger partial charge in [-0.05, 0) is 32.0 Å². The summed E-state index contributed by atoms with van der Waals surface area (Å²) in [4.78, 5) is 27.3.